The van der Waals surface area contributed by atoms with Crippen LogP contribution in [0.2, 0.25) is 0 Å². The van der Waals surface area contributed by atoms with Crippen LogP contribution in [0.25, 0.3) is 6.08 Å². The van der Waals surface area contributed by atoms with Crippen LogP contribution in [0.3, 0.4) is 0 Å². The van der Waals surface area contributed by atoms with Crippen molar-refractivity contribution in [2.24, 2.45) is 0 Å². The Bertz CT molecular complexity index is 356. The summed E-state index contributed by atoms with van der Waals surface area (Å²) in [7, 11) is 4.77. The van der Waals surface area contributed by atoms with Crippen molar-refractivity contribution in [3.8, 4) is 17.2 Å². The molecule has 0 N–H and O–H groups in total. The molecule has 15 heavy (non-hydrogen) atoms. The van der Waals surface area contributed by atoms with Crippen LogP contribution in [0.4, 0.5) is 0 Å². The van der Waals surface area contributed by atoms with E-state index in [1.807, 2.05) is 18.2 Å². The number of rotatable bonds is 4. The van der Waals surface area contributed by atoms with Gasteiger partial charge >= 0.3 is 0 Å². The minimum atomic E-state index is 0.593. The maximum Gasteiger partial charge on any atom is 0.203 e. The van der Waals surface area contributed by atoms with E-state index in [1.54, 1.807) is 27.4 Å². The Morgan fingerprint density at radius 3 is 2.13 bits per heavy atom. The molecule has 1 rings (SSSR count). The molecule has 0 fully saturated rings. The average molecular weight is 207 g/mol. The minimum absolute atomic E-state index is 0.593. The van der Waals surface area contributed by atoms with Crippen LogP contribution >= 0.6 is 0 Å². The molecule has 1 aromatic rings. The van der Waals surface area contributed by atoms with Gasteiger partial charge in [-0.05, 0) is 19.1 Å². The van der Waals surface area contributed by atoms with Gasteiger partial charge in [0.2, 0.25) is 5.75 Å². The smallest absolute Gasteiger partial charge is 0.203 e. The lowest BCUT2D eigenvalue weighted by Crippen LogP contribution is -1.96. The number of benzene rings is 1. The van der Waals surface area contributed by atoms with Gasteiger partial charge in [-0.25, -0.2) is 0 Å². The van der Waals surface area contributed by atoms with Gasteiger partial charge in [0.1, 0.15) is 0 Å². The standard InChI is InChI=1S/C12H15O3/c1-5-6-9-7-8-10(13-2)12(15-4)11(9)14-3/h5-8H,1H2,2-4H3/b6-5+. The Kier molecular flexibility index (Phi) is 4.03. The van der Waals surface area contributed by atoms with Gasteiger partial charge in [-0.1, -0.05) is 12.2 Å². The molecule has 0 aromatic heterocycles. The van der Waals surface area contributed by atoms with Crippen molar-refractivity contribution in [2.45, 2.75) is 0 Å². The normalized spacial score (nSPS) is 10.4. The van der Waals surface area contributed by atoms with E-state index >= 15 is 0 Å². The summed E-state index contributed by atoms with van der Waals surface area (Å²) in [6.07, 6.45) is 3.55. The fourth-order valence-corrected chi connectivity index (χ4v) is 1.38. The van der Waals surface area contributed by atoms with Crippen molar-refractivity contribution >= 4 is 6.08 Å². The highest BCUT2D eigenvalue weighted by Gasteiger charge is 2.13. The highest BCUT2D eigenvalue weighted by molar-refractivity contribution is 5.66. The van der Waals surface area contributed by atoms with Crippen LogP contribution in [0.5, 0.6) is 17.2 Å². The fraction of sp³-hybridized carbons (Fsp3) is 0.250. The highest BCUT2D eigenvalue weighted by Crippen LogP contribution is 2.40. The second-order valence-corrected chi connectivity index (χ2v) is 2.83. The lowest BCUT2D eigenvalue weighted by molar-refractivity contribution is 0.324. The second kappa shape index (κ2) is 5.29. The Labute approximate surface area is 90.3 Å². The van der Waals surface area contributed by atoms with Gasteiger partial charge < -0.3 is 14.2 Å². The third-order valence-electron chi connectivity index (χ3n) is 2.03. The zero-order chi connectivity index (χ0) is 11.3. The summed E-state index contributed by atoms with van der Waals surface area (Å²) >= 11 is 0. The van der Waals surface area contributed by atoms with Gasteiger partial charge in [0, 0.05) is 5.56 Å². The van der Waals surface area contributed by atoms with Gasteiger partial charge in [-0.15, -0.1) is 0 Å². The van der Waals surface area contributed by atoms with E-state index in [4.69, 9.17) is 14.2 Å². The van der Waals surface area contributed by atoms with Crippen LogP contribution in [-0.4, -0.2) is 21.3 Å². The quantitative estimate of drug-likeness (QED) is 0.759. The van der Waals surface area contributed by atoms with E-state index in [-0.39, 0.29) is 0 Å². The molecule has 0 aliphatic rings. The van der Waals surface area contributed by atoms with Crippen molar-refractivity contribution in [3.05, 3.63) is 30.7 Å². The highest BCUT2D eigenvalue weighted by atomic mass is 16.5. The van der Waals surface area contributed by atoms with Gasteiger partial charge in [0.25, 0.3) is 0 Å². The van der Waals surface area contributed by atoms with Gasteiger partial charge in [-0.3, -0.25) is 0 Å². The van der Waals surface area contributed by atoms with Crippen LogP contribution in [-0.2, 0) is 0 Å². The lowest BCUT2D eigenvalue weighted by atomic mass is 10.1. The lowest BCUT2D eigenvalue weighted by Gasteiger charge is -2.13. The predicted molar refractivity (Wildman–Crippen MR) is 60.5 cm³/mol. The molecule has 0 saturated heterocycles. The summed E-state index contributed by atoms with van der Waals surface area (Å²) in [5.41, 5.74) is 0.908. The third kappa shape index (κ3) is 2.24. The van der Waals surface area contributed by atoms with Crippen molar-refractivity contribution in [1.29, 1.82) is 0 Å². The van der Waals surface area contributed by atoms with Crippen molar-refractivity contribution in [3.63, 3.8) is 0 Å². The molecular weight excluding hydrogens is 192 g/mol. The molecule has 0 saturated carbocycles. The Hall–Kier alpha value is -1.64. The third-order valence-corrected chi connectivity index (χ3v) is 2.03. The number of hydrogen-bond donors (Lipinski definition) is 0. The Balaban J connectivity index is 3.33. The largest absolute Gasteiger partial charge is 0.493 e. The molecule has 0 aliphatic carbocycles. The molecule has 0 atom stereocenters. The number of hydrogen-bond acceptors (Lipinski definition) is 3. The summed E-state index contributed by atoms with van der Waals surface area (Å²) in [5.74, 6) is 1.89. The SMILES string of the molecule is [CH2]/C=C/c1ccc(OC)c(OC)c1OC. The zero-order valence-electron chi connectivity index (χ0n) is 9.24. The summed E-state index contributed by atoms with van der Waals surface area (Å²) in [4.78, 5) is 0. The molecule has 1 aromatic carbocycles. The van der Waals surface area contributed by atoms with Gasteiger partial charge in [0.05, 0.1) is 21.3 Å². The van der Waals surface area contributed by atoms with Crippen LogP contribution in [0.15, 0.2) is 18.2 Å². The topological polar surface area (TPSA) is 27.7 Å². The zero-order valence-corrected chi connectivity index (χ0v) is 9.24. The molecule has 3 heteroatoms. The fourth-order valence-electron chi connectivity index (χ4n) is 1.38. The first-order chi connectivity index (χ1) is 7.28. The Morgan fingerprint density at radius 1 is 1.00 bits per heavy atom. The monoisotopic (exact) mass is 207 g/mol. The summed E-state index contributed by atoms with van der Waals surface area (Å²) < 4.78 is 15.7. The van der Waals surface area contributed by atoms with E-state index in [0.717, 1.165) is 5.56 Å². The summed E-state index contributed by atoms with van der Waals surface area (Å²) in [6.45, 7) is 3.65. The number of ether oxygens (including phenoxy) is 3. The Morgan fingerprint density at radius 2 is 1.67 bits per heavy atom. The average Bonchev–Trinajstić information content (AvgIpc) is 2.28. The summed E-state index contributed by atoms with van der Waals surface area (Å²) in [6, 6.07) is 3.72. The molecular formula is C12H15O3. The van der Waals surface area contributed by atoms with Gasteiger partial charge in [-0.2, -0.15) is 0 Å². The van der Waals surface area contributed by atoms with Crippen LogP contribution < -0.4 is 14.2 Å². The molecule has 0 unspecified atom stereocenters. The molecule has 0 heterocycles. The second-order valence-electron chi connectivity index (χ2n) is 2.83. The first kappa shape index (κ1) is 11.4. The molecule has 0 aliphatic heterocycles. The van der Waals surface area contributed by atoms with Crippen LogP contribution in [0.1, 0.15) is 5.56 Å². The van der Waals surface area contributed by atoms with E-state index < -0.39 is 0 Å². The van der Waals surface area contributed by atoms with Crippen molar-refractivity contribution in [2.75, 3.05) is 21.3 Å². The first-order valence-electron chi connectivity index (χ1n) is 4.53. The number of allylic oxidation sites excluding steroid dienone is 1. The molecule has 0 amide bonds. The van der Waals surface area contributed by atoms with E-state index in [0.29, 0.717) is 17.2 Å². The molecule has 0 spiro atoms. The van der Waals surface area contributed by atoms with Gasteiger partial charge in [0.15, 0.2) is 11.5 Å². The summed E-state index contributed by atoms with van der Waals surface area (Å²) in [5, 5.41) is 0. The van der Waals surface area contributed by atoms with Crippen molar-refractivity contribution in [1.82, 2.24) is 0 Å². The molecule has 1 radical (unpaired) electrons. The van der Waals surface area contributed by atoms with E-state index in [9.17, 15) is 0 Å². The predicted octanol–water partition coefficient (Wildman–Crippen LogP) is 2.56. The number of methoxy groups -OCH3 is 3. The van der Waals surface area contributed by atoms with E-state index in [1.165, 1.54) is 0 Å². The minimum Gasteiger partial charge on any atom is -0.493 e. The molecule has 3 nitrogen and oxygen atoms in total. The van der Waals surface area contributed by atoms with Crippen molar-refractivity contribution < 1.29 is 14.2 Å². The molecule has 81 valence electrons. The maximum absolute atomic E-state index is 5.28. The maximum atomic E-state index is 5.28. The first-order valence-corrected chi connectivity index (χ1v) is 4.53. The molecule has 0 bridgehead atoms. The van der Waals surface area contributed by atoms with E-state index in [2.05, 4.69) is 6.92 Å². The van der Waals surface area contributed by atoms with Crippen LogP contribution in [0, 0.1) is 6.92 Å².